The van der Waals surface area contributed by atoms with Gasteiger partial charge in [0.05, 0.1) is 6.10 Å². The second kappa shape index (κ2) is 12.5. The number of phenolic OH excluding ortho intramolecular Hbond substituents is 1. The van der Waals surface area contributed by atoms with E-state index in [0.717, 1.165) is 75.6 Å². The molecule has 39 heavy (non-hydrogen) atoms. The lowest BCUT2D eigenvalue weighted by molar-refractivity contribution is -0.131. The fraction of sp³-hybridized carbons (Fsp3) is 0.794. The molecular formula is C34H52FNO3. The summed E-state index contributed by atoms with van der Waals surface area (Å²) in [7, 11) is 0. The molecule has 1 amide bonds. The van der Waals surface area contributed by atoms with E-state index in [0.29, 0.717) is 36.5 Å². The predicted octanol–water partition coefficient (Wildman–Crippen LogP) is 7.55. The SMILES string of the molecule is CCC(=O)N(CCCCCC[C@@H]1Cc2cc(O)ccc2[C@@H]2[C@@H]1[C@@H]1CC[C@H](O)[C@@]1(C)C[C@@H]2F)CC1CCCCC1. The molecule has 1 aromatic carbocycles. The van der Waals surface area contributed by atoms with Crippen LogP contribution in [0.15, 0.2) is 18.2 Å². The zero-order valence-corrected chi connectivity index (χ0v) is 24.4. The minimum absolute atomic E-state index is 0.115. The summed E-state index contributed by atoms with van der Waals surface area (Å²) in [5, 5.41) is 21.0. The van der Waals surface area contributed by atoms with E-state index < -0.39 is 12.3 Å². The Labute approximate surface area is 235 Å². The summed E-state index contributed by atoms with van der Waals surface area (Å²) in [5.41, 5.74) is 1.91. The largest absolute Gasteiger partial charge is 0.508 e. The smallest absolute Gasteiger partial charge is 0.222 e. The van der Waals surface area contributed by atoms with Crippen molar-refractivity contribution in [3.8, 4) is 5.75 Å². The van der Waals surface area contributed by atoms with Gasteiger partial charge in [-0.25, -0.2) is 4.39 Å². The minimum Gasteiger partial charge on any atom is -0.508 e. The Morgan fingerprint density at radius 2 is 1.85 bits per heavy atom. The molecule has 0 unspecified atom stereocenters. The van der Waals surface area contributed by atoms with Crippen LogP contribution in [0.2, 0.25) is 0 Å². The van der Waals surface area contributed by atoms with Crippen molar-refractivity contribution in [3.63, 3.8) is 0 Å². The number of aliphatic hydroxyl groups excluding tert-OH is 1. The minimum atomic E-state index is -0.943. The number of aliphatic hydroxyl groups is 1. The molecule has 0 radical (unpaired) electrons. The molecule has 1 aromatic rings. The van der Waals surface area contributed by atoms with E-state index in [-0.39, 0.29) is 23.0 Å². The number of nitrogens with zero attached hydrogens (tertiary/aromatic N) is 1. The van der Waals surface area contributed by atoms with E-state index in [9.17, 15) is 15.0 Å². The van der Waals surface area contributed by atoms with E-state index in [1.165, 1.54) is 32.1 Å². The van der Waals surface area contributed by atoms with Crippen molar-refractivity contribution in [2.24, 2.45) is 29.1 Å². The summed E-state index contributed by atoms with van der Waals surface area (Å²) in [6.07, 6.45) is 14.4. The molecule has 4 aliphatic rings. The van der Waals surface area contributed by atoms with E-state index >= 15 is 4.39 Å². The Kier molecular flexibility index (Phi) is 9.25. The standard InChI is InChI=1S/C34H52FNO3/c1-3-31(39)36(22-23-11-7-6-8-12-23)18-10-5-4-9-13-24-19-25-20-26(37)14-15-27(25)33-29(35)21-34(2)28(32(24)33)16-17-30(34)38/h14-15,20,23-24,28-30,32-33,37-38H,3-13,16-19,21-22H2,1-2H3/t24-,28+,29+,30+,32+,33+,34+/m1/s1. The second-order valence-electron chi connectivity index (χ2n) is 13.8. The summed E-state index contributed by atoms with van der Waals surface area (Å²) in [4.78, 5) is 14.7. The van der Waals surface area contributed by atoms with Gasteiger partial charge in [0.1, 0.15) is 11.9 Å². The maximum atomic E-state index is 15.9. The number of halogens is 1. The molecule has 5 heteroatoms. The van der Waals surface area contributed by atoms with Crippen LogP contribution in [0, 0.1) is 29.1 Å². The summed E-state index contributed by atoms with van der Waals surface area (Å²) < 4.78 is 15.9. The van der Waals surface area contributed by atoms with Crippen molar-refractivity contribution < 1.29 is 19.4 Å². The Morgan fingerprint density at radius 3 is 2.62 bits per heavy atom. The van der Waals surface area contributed by atoms with Gasteiger partial charge in [-0.3, -0.25) is 4.79 Å². The maximum absolute atomic E-state index is 15.9. The number of phenols is 1. The number of rotatable bonds is 10. The molecule has 0 spiro atoms. The molecule has 0 aliphatic heterocycles. The molecule has 0 heterocycles. The van der Waals surface area contributed by atoms with E-state index in [1.807, 2.05) is 19.1 Å². The van der Waals surface area contributed by atoms with Crippen molar-refractivity contribution in [1.82, 2.24) is 4.90 Å². The van der Waals surface area contributed by atoms with Crippen LogP contribution in [-0.4, -0.2) is 46.4 Å². The van der Waals surface area contributed by atoms with E-state index in [1.54, 1.807) is 6.07 Å². The molecule has 0 aromatic heterocycles. The fourth-order valence-corrected chi connectivity index (χ4v) is 9.32. The quantitative estimate of drug-likeness (QED) is 0.301. The normalized spacial score (nSPS) is 34.3. The third-order valence-electron chi connectivity index (χ3n) is 11.4. The molecule has 3 fully saturated rings. The van der Waals surface area contributed by atoms with Gasteiger partial charge in [-0.05, 0) is 104 Å². The predicted molar refractivity (Wildman–Crippen MR) is 154 cm³/mol. The van der Waals surface area contributed by atoms with Crippen LogP contribution in [0.4, 0.5) is 4.39 Å². The van der Waals surface area contributed by atoms with Crippen molar-refractivity contribution in [2.75, 3.05) is 13.1 Å². The highest BCUT2D eigenvalue weighted by Crippen LogP contribution is 2.63. The van der Waals surface area contributed by atoms with Gasteiger partial charge >= 0.3 is 0 Å². The number of benzene rings is 1. The average molecular weight is 542 g/mol. The lowest BCUT2D eigenvalue weighted by Gasteiger charge is -2.54. The Balaban J connectivity index is 1.19. The summed E-state index contributed by atoms with van der Waals surface area (Å²) in [6, 6.07) is 5.56. The number of amides is 1. The van der Waals surface area contributed by atoms with Gasteiger partial charge in [0.25, 0.3) is 0 Å². The zero-order valence-electron chi connectivity index (χ0n) is 24.4. The lowest BCUT2D eigenvalue weighted by atomic mass is 9.51. The van der Waals surface area contributed by atoms with E-state index in [2.05, 4.69) is 11.8 Å². The number of carbonyl (C=O) groups is 1. The van der Waals surface area contributed by atoms with E-state index in [4.69, 9.17) is 0 Å². The number of fused-ring (bicyclic) bond motifs is 5. The van der Waals surface area contributed by atoms with Crippen molar-refractivity contribution >= 4 is 5.91 Å². The molecule has 0 bridgehead atoms. The van der Waals surface area contributed by atoms with Crippen LogP contribution < -0.4 is 0 Å². The first-order chi connectivity index (χ1) is 18.8. The topological polar surface area (TPSA) is 60.8 Å². The summed E-state index contributed by atoms with van der Waals surface area (Å²) in [6.45, 7) is 5.94. The molecule has 5 rings (SSSR count). The van der Waals surface area contributed by atoms with Gasteiger partial charge in [-0.15, -0.1) is 0 Å². The number of alkyl halides is 1. The first kappa shape index (κ1) is 28.9. The second-order valence-corrected chi connectivity index (χ2v) is 13.8. The molecule has 4 aliphatic carbocycles. The maximum Gasteiger partial charge on any atom is 0.222 e. The molecule has 4 nitrogen and oxygen atoms in total. The van der Waals surface area contributed by atoms with Crippen LogP contribution >= 0.6 is 0 Å². The Bertz CT molecular complexity index is 977. The van der Waals surface area contributed by atoms with Gasteiger partial charge in [-0.1, -0.05) is 58.4 Å². The molecular weight excluding hydrogens is 489 g/mol. The third kappa shape index (κ3) is 6.04. The van der Waals surface area contributed by atoms with Gasteiger partial charge in [0.15, 0.2) is 0 Å². The molecule has 2 N–H and O–H groups in total. The Hall–Kier alpha value is -1.62. The monoisotopic (exact) mass is 541 g/mol. The third-order valence-corrected chi connectivity index (χ3v) is 11.4. The molecule has 3 saturated carbocycles. The number of unbranched alkanes of at least 4 members (excludes halogenated alkanes) is 3. The van der Waals surface area contributed by atoms with Gasteiger partial charge in [0.2, 0.25) is 5.91 Å². The first-order valence-corrected chi connectivity index (χ1v) is 16.2. The van der Waals surface area contributed by atoms with Crippen LogP contribution in [0.3, 0.4) is 0 Å². The highest BCUT2D eigenvalue weighted by Gasteiger charge is 2.59. The van der Waals surface area contributed by atoms with Crippen LogP contribution in [0.1, 0.15) is 121 Å². The lowest BCUT2D eigenvalue weighted by Crippen LogP contribution is -2.51. The van der Waals surface area contributed by atoms with Crippen LogP contribution in [0.25, 0.3) is 0 Å². The number of hydrogen-bond donors (Lipinski definition) is 2. The van der Waals surface area contributed by atoms with Crippen molar-refractivity contribution in [3.05, 3.63) is 29.3 Å². The van der Waals surface area contributed by atoms with Crippen molar-refractivity contribution in [1.29, 1.82) is 0 Å². The van der Waals surface area contributed by atoms with Gasteiger partial charge in [0, 0.05) is 25.4 Å². The van der Waals surface area contributed by atoms with Crippen molar-refractivity contribution in [2.45, 2.75) is 128 Å². The molecule has 218 valence electrons. The average Bonchev–Trinajstić information content (AvgIpc) is 3.22. The molecule has 7 atom stereocenters. The highest BCUT2D eigenvalue weighted by atomic mass is 19.1. The number of aromatic hydroxyl groups is 1. The van der Waals surface area contributed by atoms with Gasteiger partial charge in [-0.2, -0.15) is 0 Å². The first-order valence-electron chi connectivity index (χ1n) is 16.2. The summed E-state index contributed by atoms with van der Waals surface area (Å²) in [5.74, 6) is 2.17. The summed E-state index contributed by atoms with van der Waals surface area (Å²) >= 11 is 0. The van der Waals surface area contributed by atoms with Gasteiger partial charge < -0.3 is 15.1 Å². The van der Waals surface area contributed by atoms with Crippen LogP contribution in [-0.2, 0) is 11.2 Å². The number of hydrogen-bond acceptors (Lipinski definition) is 3. The fourth-order valence-electron chi connectivity index (χ4n) is 9.32. The zero-order chi connectivity index (χ0) is 27.6. The highest BCUT2D eigenvalue weighted by molar-refractivity contribution is 5.75. The molecule has 0 saturated heterocycles. The van der Waals surface area contributed by atoms with Crippen LogP contribution in [0.5, 0.6) is 5.75 Å². The number of carbonyl (C=O) groups excluding carboxylic acids is 1. The Morgan fingerprint density at radius 1 is 1.08 bits per heavy atom.